The molecule has 0 saturated carbocycles. The Labute approximate surface area is 435 Å². The summed E-state index contributed by atoms with van der Waals surface area (Å²) in [7, 11) is 0. The normalized spacial score (nSPS) is 12.2. The van der Waals surface area contributed by atoms with Gasteiger partial charge < -0.3 is 14.2 Å². The predicted molar refractivity (Wildman–Crippen MR) is 302 cm³/mol. The standard InChI is InChI=1S/C64H118O6/c1-4-7-10-13-16-19-22-25-28-31-34-36-39-42-45-48-51-54-57-63(66)69-60-61(70-64(67)58-55-52-49-46-43-40-37-33-30-27-24-21-18-15-12-9-6-3)59-68-62(65)56-53-50-47-44-41-38-35-32-29-26-23-20-17-14-11-8-5-2/h18,21,27,30,34,36,61H,4-17,19-20,22-26,28-29,31-33,35,37-60H2,1-3H3/b21-18-,30-27-,36-34-. The first-order chi connectivity index (χ1) is 34.5. The molecule has 0 aliphatic heterocycles. The molecule has 0 saturated heterocycles. The van der Waals surface area contributed by atoms with Crippen molar-refractivity contribution in [3.63, 3.8) is 0 Å². The zero-order valence-corrected chi connectivity index (χ0v) is 47.1. The van der Waals surface area contributed by atoms with Gasteiger partial charge >= 0.3 is 17.9 Å². The van der Waals surface area contributed by atoms with Gasteiger partial charge in [-0.2, -0.15) is 0 Å². The molecule has 1 unspecified atom stereocenters. The quantitative estimate of drug-likeness (QED) is 0.0261. The molecule has 0 aromatic heterocycles. The Morgan fingerprint density at radius 3 is 0.829 bits per heavy atom. The minimum Gasteiger partial charge on any atom is -0.462 e. The van der Waals surface area contributed by atoms with E-state index in [4.69, 9.17) is 14.2 Å². The van der Waals surface area contributed by atoms with Gasteiger partial charge in [0.1, 0.15) is 13.2 Å². The molecule has 0 heterocycles. The van der Waals surface area contributed by atoms with Gasteiger partial charge in [-0.3, -0.25) is 14.4 Å². The van der Waals surface area contributed by atoms with E-state index in [0.717, 1.165) is 77.0 Å². The van der Waals surface area contributed by atoms with E-state index in [1.54, 1.807) is 0 Å². The second kappa shape index (κ2) is 59.2. The molecule has 0 bridgehead atoms. The van der Waals surface area contributed by atoms with E-state index in [2.05, 4.69) is 57.2 Å². The third kappa shape index (κ3) is 56.5. The Kier molecular flexibility index (Phi) is 57.2. The van der Waals surface area contributed by atoms with Crippen molar-refractivity contribution in [2.45, 2.75) is 341 Å². The van der Waals surface area contributed by atoms with Crippen LogP contribution in [0.3, 0.4) is 0 Å². The van der Waals surface area contributed by atoms with Crippen LogP contribution in [0, 0.1) is 0 Å². The third-order valence-corrected chi connectivity index (χ3v) is 13.9. The first-order valence-corrected chi connectivity index (χ1v) is 31.0. The summed E-state index contributed by atoms with van der Waals surface area (Å²) >= 11 is 0. The Hall–Kier alpha value is -2.37. The maximum absolute atomic E-state index is 12.9. The molecule has 0 aliphatic rings. The fraction of sp³-hybridized carbons (Fsp3) is 0.859. The average molecular weight is 984 g/mol. The largest absolute Gasteiger partial charge is 0.462 e. The topological polar surface area (TPSA) is 78.9 Å². The maximum Gasteiger partial charge on any atom is 0.306 e. The van der Waals surface area contributed by atoms with E-state index in [0.29, 0.717) is 19.3 Å². The highest BCUT2D eigenvalue weighted by Gasteiger charge is 2.19. The van der Waals surface area contributed by atoms with E-state index in [-0.39, 0.29) is 31.1 Å². The zero-order chi connectivity index (χ0) is 50.7. The molecule has 0 radical (unpaired) electrons. The number of hydrogen-bond acceptors (Lipinski definition) is 6. The molecule has 6 heteroatoms. The Morgan fingerprint density at radius 2 is 0.514 bits per heavy atom. The highest BCUT2D eigenvalue weighted by molar-refractivity contribution is 5.71. The van der Waals surface area contributed by atoms with Gasteiger partial charge in [-0.25, -0.2) is 0 Å². The number of rotatable bonds is 57. The van der Waals surface area contributed by atoms with Gasteiger partial charge in [0, 0.05) is 19.3 Å². The number of allylic oxidation sites excluding steroid dienone is 6. The molecule has 70 heavy (non-hydrogen) atoms. The van der Waals surface area contributed by atoms with Gasteiger partial charge in [0.15, 0.2) is 6.10 Å². The minimum atomic E-state index is -0.778. The van der Waals surface area contributed by atoms with Gasteiger partial charge in [0.2, 0.25) is 0 Å². The molecule has 6 nitrogen and oxygen atoms in total. The molecule has 0 aromatic carbocycles. The van der Waals surface area contributed by atoms with E-state index in [9.17, 15) is 14.4 Å². The summed E-state index contributed by atoms with van der Waals surface area (Å²) in [6.45, 7) is 6.66. The molecule has 0 aromatic rings. The second-order valence-electron chi connectivity index (χ2n) is 21.0. The number of ether oxygens (including phenoxy) is 3. The van der Waals surface area contributed by atoms with Gasteiger partial charge in [-0.05, 0) is 77.0 Å². The fourth-order valence-electron chi connectivity index (χ4n) is 9.18. The lowest BCUT2D eigenvalue weighted by Gasteiger charge is -2.18. The summed E-state index contributed by atoms with van der Waals surface area (Å²) < 4.78 is 16.9. The van der Waals surface area contributed by atoms with Crippen LogP contribution in [0.25, 0.3) is 0 Å². The Balaban J connectivity index is 4.36. The van der Waals surface area contributed by atoms with Crippen LogP contribution in [0.2, 0.25) is 0 Å². The van der Waals surface area contributed by atoms with Crippen molar-refractivity contribution < 1.29 is 28.6 Å². The molecule has 0 rings (SSSR count). The van der Waals surface area contributed by atoms with Crippen molar-refractivity contribution in [3.8, 4) is 0 Å². The predicted octanol–water partition coefficient (Wildman–Crippen LogP) is 20.8. The van der Waals surface area contributed by atoms with Crippen molar-refractivity contribution in [2.24, 2.45) is 0 Å². The molecule has 0 fully saturated rings. The fourth-order valence-corrected chi connectivity index (χ4v) is 9.18. The number of carbonyl (C=O) groups excluding carboxylic acids is 3. The van der Waals surface area contributed by atoms with E-state index in [1.807, 2.05) is 0 Å². The second-order valence-corrected chi connectivity index (χ2v) is 21.0. The molecule has 410 valence electrons. The first kappa shape index (κ1) is 67.6. The summed E-state index contributed by atoms with van der Waals surface area (Å²) in [5.41, 5.74) is 0. The molecular formula is C64H118O6. The number of esters is 3. The lowest BCUT2D eigenvalue weighted by atomic mass is 10.0. The molecule has 0 aliphatic carbocycles. The van der Waals surface area contributed by atoms with Crippen molar-refractivity contribution in [2.75, 3.05) is 13.2 Å². The van der Waals surface area contributed by atoms with Crippen molar-refractivity contribution in [1.82, 2.24) is 0 Å². The average Bonchev–Trinajstić information content (AvgIpc) is 3.36. The van der Waals surface area contributed by atoms with Crippen LogP contribution in [0.15, 0.2) is 36.5 Å². The van der Waals surface area contributed by atoms with Crippen LogP contribution in [-0.2, 0) is 28.6 Å². The zero-order valence-electron chi connectivity index (χ0n) is 47.1. The summed E-state index contributed by atoms with van der Waals surface area (Å²) in [6, 6.07) is 0. The van der Waals surface area contributed by atoms with E-state index >= 15 is 0 Å². The van der Waals surface area contributed by atoms with Gasteiger partial charge in [0.25, 0.3) is 0 Å². The van der Waals surface area contributed by atoms with Crippen molar-refractivity contribution >= 4 is 17.9 Å². The lowest BCUT2D eigenvalue weighted by Crippen LogP contribution is -2.30. The highest BCUT2D eigenvalue weighted by Crippen LogP contribution is 2.17. The Morgan fingerprint density at radius 1 is 0.286 bits per heavy atom. The summed E-state index contributed by atoms with van der Waals surface area (Å²) in [4.78, 5) is 38.3. The summed E-state index contributed by atoms with van der Waals surface area (Å²) in [6.07, 6.45) is 71.4. The highest BCUT2D eigenvalue weighted by atomic mass is 16.6. The maximum atomic E-state index is 12.9. The Bertz CT molecular complexity index is 1170. The molecule has 0 N–H and O–H groups in total. The first-order valence-electron chi connectivity index (χ1n) is 31.0. The van der Waals surface area contributed by atoms with Crippen LogP contribution < -0.4 is 0 Å². The van der Waals surface area contributed by atoms with Crippen molar-refractivity contribution in [3.05, 3.63) is 36.5 Å². The number of unbranched alkanes of at least 4 members (excludes halogenated alkanes) is 40. The molecule has 1 atom stereocenters. The van der Waals surface area contributed by atoms with Crippen LogP contribution in [0.4, 0.5) is 0 Å². The lowest BCUT2D eigenvalue weighted by molar-refractivity contribution is -0.167. The van der Waals surface area contributed by atoms with Crippen LogP contribution in [0.5, 0.6) is 0 Å². The van der Waals surface area contributed by atoms with Crippen molar-refractivity contribution in [1.29, 1.82) is 0 Å². The van der Waals surface area contributed by atoms with Crippen LogP contribution in [0.1, 0.15) is 335 Å². The molecule has 0 spiro atoms. The van der Waals surface area contributed by atoms with Crippen LogP contribution in [-0.4, -0.2) is 37.2 Å². The van der Waals surface area contributed by atoms with Gasteiger partial charge in [0.05, 0.1) is 0 Å². The van der Waals surface area contributed by atoms with E-state index in [1.165, 1.54) is 218 Å². The smallest absolute Gasteiger partial charge is 0.306 e. The van der Waals surface area contributed by atoms with Gasteiger partial charge in [-0.1, -0.05) is 276 Å². The monoisotopic (exact) mass is 983 g/mol. The number of carbonyl (C=O) groups is 3. The van der Waals surface area contributed by atoms with Crippen LogP contribution >= 0.6 is 0 Å². The number of hydrogen-bond donors (Lipinski definition) is 0. The molecular weight excluding hydrogens is 865 g/mol. The van der Waals surface area contributed by atoms with Gasteiger partial charge in [-0.15, -0.1) is 0 Å². The third-order valence-electron chi connectivity index (χ3n) is 13.9. The SMILES string of the molecule is CCCCC/C=C\C/C=C\CCCCCCCCCC(=O)OC(COC(=O)CCCCCCC/C=C\CCCCCCCCCCC)COC(=O)CCCCCCCCCCCCCCCCCCC. The summed E-state index contributed by atoms with van der Waals surface area (Å²) in [5.74, 6) is -0.869. The van der Waals surface area contributed by atoms with E-state index < -0.39 is 6.10 Å². The minimum absolute atomic E-state index is 0.0740. The molecule has 0 amide bonds. The summed E-state index contributed by atoms with van der Waals surface area (Å²) in [5, 5.41) is 0.